The van der Waals surface area contributed by atoms with Crippen molar-refractivity contribution in [3.8, 4) is 5.69 Å². The first kappa shape index (κ1) is 12.1. The van der Waals surface area contributed by atoms with Gasteiger partial charge in [-0.15, -0.1) is 0 Å². The van der Waals surface area contributed by atoms with Crippen LogP contribution >= 0.6 is 0 Å². The van der Waals surface area contributed by atoms with Crippen molar-refractivity contribution in [2.75, 3.05) is 0 Å². The SMILES string of the molecule is O=C(O)c1nn(-c2cccc3ccccc23)c2c1CCC2. The maximum Gasteiger partial charge on any atom is 0.356 e. The summed E-state index contributed by atoms with van der Waals surface area (Å²) in [7, 11) is 0. The predicted molar refractivity (Wildman–Crippen MR) is 80.1 cm³/mol. The summed E-state index contributed by atoms with van der Waals surface area (Å²) in [6.07, 6.45) is 2.69. The summed E-state index contributed by atoms with van der Waals surface area (Å²) in [4.78, 5) is 11.4. The van der Waals surface area contributed by atoms with Gasteiger partial charge in [0, 0.05) is 16.6 Å². The number of aromatic carboxylic acids is 1. The second kappa shape index (κ2) is 4.45. The summed E-state index contributed by atoms with van der Waals surface area (Å²) in [5.41, 5.74) is 3.10. The zero-order chi connectivity index (χ0) is 14.4. The van der Waals surface area contributed by atoms with E-state index in [1.807, 2.05) is 35.0 Å². The van der Waals surface area contributed by atoms with Gasteiger partial charge in [0.15, 0.2) is 5.69 Å². The molecule has 1 N–H and O–H groups in total. The van der Waals surface area contributed by atoms with Crippen LogP contribution in [0.1, 0.15) is 28.2 Å². The van der Waals surface area contributed by atoms with Crippen LogP contribution in [0.25, 0.3) is 16.5 Å². The fraction of sp³-hybridized carbons (Fsp3) is 0.176. The second-order valence-electron chi connectivity index (χ2n) is 5.34. The van der Waals surface area contributed by atoms with Gasteiger partial charge in [0.05, 0.1) is 5.69 Å². The largest absolute Gasteiger partial charge is 0.476 e. The fourth-order valence-corrected chi connectivity index (χ4v) is 3.20. The van der Waals surface area contributed by atoms with Gasteiger partial charge >= 0.3 is 5.97 Å². The van der Waals surface area contributed by atoms with Crippen LogP contribution in [0.4, 0.5) is 0 Å². The first-order valence-electron chi connectivity index (χ1n) is 7.08. The van der Waals surface area contributed by atoms with Crippen molar-refractivity contribution in [1.82, 2.24) is 9.78 Å². The monoisotopic (exact) mass is 278 g/mol. The Bertz CT molecular complexity index is 859. The lowest BCUT2D eigenvalue weighted by Gasteiger charge is -2.09. The lowest BCUT2D eigenvalue weighted by Crippen LogP contribution is -2.05. The van der Waals surface area contributed by atoms with Gasteiger partial charge in [0.1, 0.15) is 0 Å². The van der Waals surface area contributed by atoms with E-state index < -0.39 is 5.97 Å². The highest BCUT2D eigenvalue weighted by molar-refractivity contribution is 5.91. The zero-order valence-electron chi connectivity index (χ0n) is 11.4. The molecule has 4 nitrogen and oxygen atoms in total. The number of aromatic nitrogens is 2. The van der Waals surface area contributed by atoms with Crippen LogP contribution in [0.5, 0.6) is 0 Å². The Hall–Kier alpha value is -2.62. The van der Waals surface area contributed by atoms with Gasteiger partial charge in [-0.2, -0.15) is 5.10 Å². The van der Waals surface area contributed by atoms with Crippen LogP contribution in [0.15, 0.2) is 42.5 Å². The van der Waals surface area contributed by atoms with Crippen LogP contribution in [0.2, 0.25) is 0 Å². The molecule has 0 saturated heterocycles. The molecule has 0 amide bonds. The molecule has 0 unspecified atom stereocenters. The third kappa shape index (κ3) is 1.76. The minimum absolute atomic E-state index is 0.204. The Kier molecular flexibility index (Phi) is 2.57. The molecule has 1 heterocycles. The van der Waals surface area contributed by atoms with E-state index in [1.54, 1.807) is 0 Å². The summed E-state index contributed by atoms with van der Waals surface area (Å²) in [5.74, 6) is -0.938. The van der Waals surface area contributed by atoms with Gasteiger partial charge in [-0.1, -0.05) is 36.4 Å². The highest BCUT2D eigenvalue weighted by atomic mass is 16.4. The van der Waals surface area contributed by atoms with Gasteiger partial charge in [-0.05, 0) is 30.7 Å². The molecule has 21 heavy (non-hydrogen) atoms. The molecular formula is C17H14N2O2. The normalized spacial score (nSPS) is 13.5. The molecule has 0 aliphatic heterocycles. The van der Waals surface area contributed by atoms with Crippen LogP contribution in [-0.2, 0) is 12.8 Å². The third-order valence-corrected chi connectivity index (χ3v) is 4.13. The molecule has 0 spiro atoms. The zero-order valence-corrected chi connectivity index (χ0v) is 11.4. The van der Waals surface area contributed by atoms with E-state index >= 15 is 0 Å². The maximum absolute atomic E-state index is 11.4. The lowest BCUT2D eigenvalue weighted by atomic mass is 10.1. The number of carboxylic acids is 1. The Balaban J connectivity index is 2.02. The van der Waals surface area contributed by atoms with Crippen molar-refractivity contribution in [1.29, 1.82) is 0 Å². The third-order valence-electron chi connectivity index (χ3n) is 4.13. The van der Waals surface area contributed by atoms with Crippen molar-refractivity contribution < 1.29 is 9.90 Å². The molecule has 0 bridgehead atoms. The molecule has 1 aromatic heterocycles. The summed E-state index contributed by atoms with van der Waals surface area (Å²) in [5, 5.41) is 15.9. The van der Waals surface area contributed by atoms with Gasteiger partial charge in [-0.3, -0.25) is 0 Å². The summed E-state index contributed by atoms with van der Waals surface area (Å²) >= 11 is 0. The second-order valence-corrected chi connectivity index (χ2v) is 5.34. The van der Waals surface area contributed by atoms with Gasteiger partial charge in [0.25, 0.3) is 0 Å². The van der Waals surface area contributed by atoms with Crippen LogP contribution in [0, 0.1) is 0 Å². The van der Waals surface area contributed by atoms with Crippen molar-refractivity contribution in [3.63, 3.8) is 0 Å². The van der Waals surface area contributed by atoms with Gasteiger partial charge in [-0.25, -0.2) is 9.48 Å². The quantitative estimate of drug-likeness (QED) is 0.783. The Morgan fingerprint density at radius 1 is 1.10 bits per heavy atom. The fourth-order valence-electron chi connectivity index (χ4n) is 3.20. The Labute approximate surface area is 121 Å². The van der Waals surface area contributed by atoms with Crippen LogP contribution in [0.3, 0.4) is 0 Å². The first-order chi connectivity index (χ1) is 10.3. The number of fused-ring (bicyclic) bond motifs is 2. The summed E-state index contributed by atoms with van der Waals surface area (Å²) in [6, 6.07) is 14.1. The molecule has 2 aromatic carbocycles. The molecule has 0 saturated carbocycles. The number of nitrogens with zero attached hydrogens (tertiary/aromatic N) is 2. The number of carbonyl (C=O) groups is 1. The highest BCUT2D eigenvalue weighted by Gasteiger charge is 2.27. The maximum atomic E-state index is 11.4. The Morgan fingerprint density at radius 3 is 2.76 bits per heavy atom. The number of hydrogen-bond donors (Lipinski definition) is 1. The first-order valence-corrected chi connectivity index (χ1v) is 7.08. The number of hydrogen-bond acceptors (Lipinski definition) is 2. The van der Waals surface area contributed by atoms with E-state index in [9.17, 15) is 9.90 Å². The van der Waals surface area contributed by atoms with E-state index in [0.29, 0.717) is 0 Å². The van der Waals surface area contributed by atoms with E-state index in [-0.39, 0.29) is 5.69 Å². The average molecular weight is 278 g/mol. The van der Waals surface area contributed by atoms with Gasteiger partial charge in [0.2, 0.25) is 0 Å². The van der Waals surface area contributed by atoms with Crippen LogP contribution in [-0.4, -0.2) is 20.9 Å². The summed E-state index contributed by atoms with van der Waals surface area (Å²) < 4.78 is 1.83. The molecule has 0 fully saturated rings. The number of benzene rings is 2. The Morgan fingerprint density at radius 2 is 1.90 bits per heavy atom. The van der Waals surface area contributed by atoms with Crippen molar-refractivity contribution >= 4 is 16.7 Å². The minimum atomic E-state index is -0.938. The molecule has 3 aromatic rings. The molecule has 1 aliphatic rings. The highest BCUT2D eigenvalue weighted by Crippen LogP contribution is 2.30. The van der Waals surface area contributed by atoms with E-state index in [2.05, 4.69) is 17.2 Å². The van der Waals surface area contributed by atoms with Crippen LogP contribution < -0.4 is 0 Å². The van der Waals surface area contributed by atoms with Crippen molar-refractivity contribution in [3.05, 3.63) is 59.4 Å². The number of rotatable bonds is 2. The number of carboxylic acid groups (broad SMARTS) is 1. The molecule has 1 aliphatic carbocycles. The summed E-state index contributed by atoms with van der Waals surface area (Å²) in [6.45, 7) is 0. The minimum Gasteiger partial charge on any atom is -0.476 e. The molecule has 4 heteroatoms. The molecular weight excluding hydrogens is 264 g/mol. The standard InChI is InChI=1S/C17H14N2O2/c20-17(21)16-13-8-4-10-15(13)19(18-16)14-9-3-6-11-5-1-2-7-12(11)14/h1-3,5-7,9H,4,8,10H2,(H,20,21). The van der Waals surface area contributed by atoms with E-state index in [4.69, 9.17) is 0 Å². The molecule has 0 radical (unpaired) electrons. The molecule has 104 valence electrons. The predicted octanol–water partition coefficient (Wildman–Crippen LogP) is 3.21. The van der Waals surface area contributed by atoms with E-state index in [0.717, 1.165) is 47.0 Å². The van der Waals surface area contributed by atoms with Gasteiger partial charge < -0.3 is 5.11 Å². The topological polar surface area (TPSA) is 55.1 Å². The average Bonchev–Trinajstić information content (AvgIpc) is 3.08. The van der Waals surface area contributed by atoms with E-state index in [1.165, 1.54) is 0 Å². The smallest absolute Gasteiger partial charge is 0.356 e. The molecule has 4 rings (SSSR count). The van der Waals surface area contributed by atoms with Crippen molar-refractivity contribution in [2.45, 2.75) is 19.3 Å². The molecule has 0 atom stereocenters. The lowest BCUT2D eigenvalue weighted by molar-refractivity contribution is 0.0689. The van der Waals surface area contributed by atoms with Crippen molar-refractivity contribution in [2.24, 2.45) is 0 Å².